The van der Waals surface area contributed by atoms with Gasteiger partial charge in [-0.25, -0.2) is 0 Å². The summed E-state index contributed by atoms with van der Waals surface area (Å²) in [5, 5.41) is 5.58. The second kappa shape index (κ2) is 7.78. The Kier molecular flexibility index (Phi) is 6.37. The minimum absolute atomic E-state index is 0.142. The number of benzene rings is 1. The van der Waals surface area contributed by atoms with Crippen molar-refractivity contribution < 1.29 is 9.59 Å². The van der Waals surface area contributed by atoms with Gasteiger partial charge >= 0.3 is 0 Å². The van der Waals surface area contributed by atoms with Crippen LogP contribution in [-0.4, -0.2) is 23.9 Å². The molecule has 0 saturated heterocycles. The molecule has 1 unspecified atom stereocenters. The molecule has 1 rings (SSSR count). The second-order valence-electron chi connectivity index (χ2n) is 5.46. The van der Waals surface area contributed by atoms with Crippen molar-refractivity contribution in [1.82, 2.24) is 5.32 Å². The topological polar surface area (TPSA) is 84.2 Å². The van der Waals surface area contributed by atoms with Crippen LogP contribution in [0.15, 0.2) is 24.3 Å². The third-order valence-corrected chi connectivity index (χ3v) is 3.21. The Labute approximate surface area is 126 Å². The molecule has 0 saturated carbocycles. The molecular formula is C16H25N3O2. The van der Waals surface area contributed by atoms with Crippen molar-refractivity contribution in [3.8, 4) is 0 Å². The highest BCUT2D eigenvalue weighted by atomic mass is 16.2. The van der Waals surface area contributed by atoms with E-state index in [9.17, 15) is 9.59 Å². The lowest BCUT2D eigenvalue weighted by Gasteiger charge is -2.23. The van der Waals surface area contributed by atoms with Gasteiger partial charge in [0, 0.05) is 17.8 Å². The van der Waals surface area contributed by atoms with Crippen LogP contribution in [0.5, 0.6) is 0 Å². The van der Waals surface area contributed by atoms with Crippen LogP contribution in [0.3, 0.4) is 0 Å². The van der Waals surface area contributed by atoms with Gasteiger partial charge in [0.15, 0.2) is 0 Å². The highest BCUT2D eigenvalue weighted by molar-refractivity contribution is 6.00. The Bertz CT molecular complexity index is 498. The number of rotatable bonds is 7. The zero-order valence-corrected chi connectivity index (χ0v) is 13.0. The van der Waals surface area contributed by atoms with E-state index in [4.69, 9.17) is 5.73 Å². The van der Waals surface area contributed by atoms with Crippen LogP contribution in [0.4, 0.5) is 5.69 Å². The summed E-state index contributed by atoms with van der Waals surface area (Å²) in [6.07, 6.45) is 2.32. The summed E-state index contributed by atoms with van der Waals surface area (Å²) in [4.78, 5) is 24.0. The molecule has 0 radical (unpaired) electrons. The van der Waals surface area contributed by atoms with Gasteiger partial charge in [0.2, 0.25) is 5.91 Å². The van der Waals surface area contributed by atoms with Gasteiger partial charge < -0.3 is 16.4 Å². The molecule has 2 amide bonds. The van der Waals surface area contributed by atoms with E-state index in [-0.39, 0.29) is 11.8 Å². The first-order valence-electron chi connectivity index (χ1n) is 7.39. The summed E-state index contributed by atoms with van der Waals surface area (Å²) in [7, 11) is 0. The quantitative estimate of drug-likeness (QED) is 0.720. The van der Waals surface area contributed by atoms with Crippen LogP contribution >= 0.6 is 0 Å². The third-order valence-electron chi connectivity index (χ3n) is 3.21. The summed E-state index contributed by atoms with van der Waals surface area (Å²) in [5.41, 5.74) is 6.19. The predicted molar refractivity (Wildman–Crippen MR) is 85.2 cm³/mol. The molecule has 1 aromatic carbocycles. The first kappa shape index (κ1) is 17.2. The zero-order valence-electron chi connectivity index (χ0n) is 13.0. The first-order valence-corrected chi connectivity index (χ1v) is 7.39. The fraction of sp³-hybridized carbons (Fsp3) is 0.500. The molecule has 0 bridgehead atoms. The number of nitrogens with one attached hydrogen (secondary N) is 2. The van der Waals surface area contributed by atoms with Crippen molar-refractivity contribution in [2.75, 3.05) is 11.9 Å². The molecule has 0 heterocycles. The molecule has 5 heteroatoms. The summed E-state index contributed by atoms with van der Waals surface area (Å²) >= 11 is 0. The maximum absolute atomic E-state index is 12.1. The lowest BCUT2D eigenvalue weighted by atomic mass is 9.96. The van der Waals surface area contributed by atoms with Crippen molar-refractivity contribution in [2.24, 2.45) is 5.73 Å². The van der Waals surface area contributed by atoms with Crippen molar-refractivity contribution in [1.29, 1.82) is 0 Å². The number of carbonyl (C=O) groups is 2. The second-order valence-corrected chi connectivity index (χ2v) is 5.46. The maximum Gasteiger partial charge on any atom is 0.251 e. The first-order chi connectivity index (χ1) is 9.90. The minimum atomic E-state index is -0.908. The Hall–Kier alpha value is -1.88. The predicted octanol–water partition coefficient (Wildman–Crippen LogP) is 2.28. The van der Waals surface area contributed by atoms with E-state index in [1.807, 2.05) is 13.8 Å². The van der Waals surface area contributed by atoms with Crippen LogP contribution < -0.4 is 16.4 Å². The number of anilines is 1. The summed E-state index contributed by atoms with van der Waals surface area (Å²) < 4.78 is 0. The molecule has 5 nitrogen and oxygen atoms in total. The van der Waals surface area contributed by atoms with Gasteiger partial charge in [-0.3, -0.25) is 9.59 Å². The van der Waals surface area contributed by atoms with E-state index in [1.165, 1.54) is 0 Å². The highest BCUT2D eigenvalue weighted by Crippen LogP contribution is 2.15. The van der Waals surface area contributed by atoms with E-state index < -0.39 is 5.54 Å². The number of amides is 2. The molecule has 1 atom stereocenters. The van der Waals surface area contributed by atoms with E-state index >= 15 is 0 Å². The van der Waals surface area contributed by atoms with E-state index in [0.717, 1.165) is 12.8 Å². The Morgan fingerprint density at radius 3 is 2.57 bits per heavy atom. The fourth-order valence-corrected chi connectivity index (χ4v) is 1.99. The van der Waals surface area contributed by atoms with Gasteiger partial charge in [-0.2, -0.15) is 0 Å². The molecular weight excluding hydrogens is 266 g/mol. The lowest BCUT2D eigenvalue weighted by Crippen LogP contribution is -2.48. The minimum Gasteiger partial charge on any atom is -0.352 e. The van der Waals surface area contributed by atoms with E-state index in [1.54, 1.807) is 31.2 Å². The van der Waals surface area contributed by atoms with Gasteiger partial charge in [0.25, 0.3) is 5.91 Å². The monoisotopic (exact) mass is 291 g/mol. The van der Waals surface area contributed by atoms with E-state index in [0.29, 0.717) is 24.2 Å². The fourth-order valence-electron chi connectivity index (χ4n) is 1.99. The molecule has 0 aliphatic carbocycles. The SMILES string of the molecule is CCCNC(=O)c1cccc(NC(=O)C(C)(N)CCC)c1. The van der Waals surface area contributed by atoms with Crippen LogP contribution in [0.25, 0.3) is 0 Å². The normalized spacial score (nSPS) is 13.3. The van der Waals surface area contributed by atoms with Crippen LogP contribution in [0.2, 0.25) is 0 Å². The highest BCUT2D eigenvalue weighted by Gasteiger charge is 2.27. The molecule has 4 N–H and O–H groups in total. The average molecular weight is 291 g/mol. The van der Waals surface area contributed by atoms with Crippen molar-refractivity contribution in [3.63, 3.8) is 0 Å². The summed E-state index contributed by atoms with van der Waals surface area (Å²) in [6.45, 7) is 6.32. The van der Waals surface area contributed by atoms with Gasteiger partial charge in [-0.15, -0.1) is 0 Å². The molecule has 21 heavy (non-hydrogen) atoms. The number of hydrogen-bond acceptors (Lipinski definition) is 3. The molecule has 116 valence electrons. The molecule has 0 aromatic heterocycles. The standard InChI is InChI=1S/C16H25N3O2/c1-4-9-16(3,17)15(21)19-13-8-6-7-12(11-13)14(20)18-10-5-2/h6-8,11H,4-5,9-10,17H2,1-3H3,(H,18,20)(H,19,21). The smallest absolute Gasteiger partial charge is 0.251 e. The van der Waals surface area contributed by atoms with Crippen molar-refractivity contribution in [2.45, 2.75) is 45.6 Å². The number of nitrogens with two attached hydrogens (primary N) is 1. The van der Waals surface area contributed by atoms with E-state index in [2.05, 4.69) is 10.6 Å². The summed E-state index contributed by atoms with van der Waals surface area (Å²) in [6, 6.07) is 6.86. The average Bonchev–Trinajstić information content (AvgIpc) is 2.45. The van der Waals surface area contributed by atoms with Crippen molar-refractivity contribution in [3.05, 3.63) is 29.8 Å². The Morgan fingerprint density at radius 2 is 1.95 bits per heavy atom. The Balaban J connectivity index is 2.77. The van der Waals surface area contributed by atoms with Gasteiger partial charge in [0.05, 0.1) is 5.54 Å². The zero-order chi connectivity index (χ0) is 15.9. The van der Waals surface area contributed by atoms with Gasteiger partial charge in [-0.1, -0.05) is 26.3 Å². The van der Waals surface area contributed by atoms with Crippen LogP contribution in [0.1, 0.15) is 50.4 Å². The van der Waals surface area contributed by atoms with Gasteiger partial charge in [-0.05, 0) is 38.0 Å². The van der Waals surface area contributed by atoms with Gasteiger partial charge in [0.1, 0.15) is 0 Å². The molecule has 1 aromatic rings. The summed E-state index contributed by atoms with van der Waals surface area (Å²) in [5.74, 6) is -0.382. The van der Waals surface area contributed by atoms with Crippen LogP contribution in [0, 0.1) is 0 Å². The maximum atomic E-state index is 12.1. The largest absolute Gasteiger partial charge is 0.352 e. The Morgan fingerprint density at radius 1 is 1.24 bits per heavy atom. The number of carbonyl (C=O) groups excluding carboxylic acids is 2. The van der Waals surface area contributed by atoms with Crippen molar-refractivity contribution >= 4 is 17.5 Å². The lowest BCUT2D eigenvalue weighted by molar-refractivity contribution is -0.120. The number of hydrogen-bond donors (Lipinski definition) is 3. The molecule has 0 spiro atoms. The molecule has 0 aliphatic rings. The third kappa shape index (κ3) is 5.19. The molecule has 0 aliphatic heterocycles. The van der Waals surface area contributed by atoms with Crippen LogP contribution in [-0.2, 0) is 4.79 Å². The molecule has 0 fully saturated rings.